The van der Waals surface area contributed by atoms with Crippen LogP contribution in [0.4, 0.5) is 0 Å². The highest BCUT2D eigenvalue weighted by molar-refractivity contribution is 5.98. The average molecular weight is 275 g/mol. The van der Waals surface area contributed by atoms with Crippen molar-refractivity contribution in [1.29, 1.82) is 0 Å². The molecule has 1 aromatic rings. The summed E-state index contributed by atoms with van der Waals surface area (Å²) in [6.45, 7) is 2.02. The number of methoxy groups -OCH3 is 1. The summed E-state index contributed by atoms with van der Waals surface area (Å²) in [4.78, 5) is 23.1. The van der Waals surface area contributed by atoms with E-state index in [9.17, 15) is 9.59 Å². The molecule has 106 valence electrons. The third-order valence-electron chi connectivity index (χ3n) is 3.83. The molecule has 3 rings (SSSR count). The van der Waals surface area contributed by atoms with Gasteiger partial charge in [-0.1, -0.05) is 0 Å². The van der Waals surface area contributed by atoms with Gasteiger partial charge in [0.05, 0.1) is 7.11 Å². The smallest absolute Gasteiger partial charge is 0.227 e. The topological polar surface area (TPSA) is 64.6 Å². The molecule has 2 aliphatic rings. The third kappa shape index (κ3) is 2.24. The fourth-order valence-corrected chi connectivity index (χ4v) is 2.95. The molecular formula is C15H17NO4. The van der Waals surface area contributed by atoms with Crippen molar-refractivity contribution < 1.29 is 19.1 Å². The van der Waals surface area contributed by atoms with Gasteiger partial charge >= 0.3 is 0 Å². The van der Waals surface area contributed by atoms with Gasteiger partial charge in [-0.15, -0.1) is 0 Å². The molecule has 0 aromatic heterocycles. The van der Waals surface area contributed by atoms with Crippen molar-refractivity contribution in [2.75, 3.05) is 7.11 Å². The Kier molecular flexibility index (Phi) is 3.12. The summed E-state index contributed by atoms with van der Waals surface area (Å²) in [6, 6.07) is 3.89. The van der Waals surface area contributed by atoms with Gasteiger partial charge in [0.2, 0.25) is 11.8 Å². The van der Waals surface area contributed by atoms with E-state index in [-0.39, 0.29) is 23.8 Å². The Morgan fingerprint density at radius 1 is 1.20 bits per heavy atom. The van der Waals surface area contributed by atoms with Crippen molar-refractivity contribution in [3.63, 3.8) is 0 Å². The molecule has 1 atom stereocenters. The van der Waals surface area contributed by atoms with E-state index < -0.39 is 0 Å². The highest BCUT2D eigenvalue weighted by Gasteiger charge is 2.30. The van der Waals surface area contributed by atoms with Gasteiger partial charge in [-0.2, -0.15) is 0 Å². The zero-order valence-corrected chi connectivity index (χ0v) is 11.6. The van der Waals surface area contributed by atoms with Crippen LogP contribution in [-0.4, -0.2) is 25.0 Å². The second-order valence-electron chi connectivity index (χ2n) is 5.41. The highest BCUT2D eigenvalue weighted by Crippen LogP contribution is 2.40. The Bertz CT molecular complexity index is 565. The van der Waals surface area contributed by atoms with E-state index >= 15 is 0 Å². The number of carbonyl (C=O) groups is 2. The molecule has 0 bridgehead atoms. The summed E-state index contributed by atoms with van der Waals surface area (Å²) in [5.41, 5.74) is 1.99. The fraction of sp³-hybridized carbons (Fsp3) is 0.467. The molecule has 0 saturated carbocycles. The summed E-state index contributed by atoms with van der Waals surface area (Å²) in [7, 11) is 1.61. The summed E-state index contributed by atoms with van der Waals surface area (Å²) in [5.74, 6) is 0.961. The van der Waals surface area contributed by atoms with Crippen LogP contribution in [0.2, 0.25) is 0 Å². The van der Waals surface area contributed by atoms with Gasteiger partial charge in [0, 0.05) is 36.3 Å². The van der Waals surface area contributed by atoms with Gasteiger partial charge in [0.25, 0.3) is 0 Å². The summed E-state index contributed by atoms with van der Waals surface area (Å²) < 4.78 is 11.2. The average Bonchev–Trinajstić information content (AvgIpc) is 2.75. The number of hydrogen-bond acceptors (Lipinski definition) is 4. The number of amides is 2. The number of imide groups is 1. The molecule has 2 aliphatic heterocycles. The van der Waals surface area contributed by atoms with Crippen LogP contribution in [0.5, 0.6) is 11.5 Å². The van der Waals surface area contributed by atoms with Crippen molar-refractivity contribution in [3.8, 4) is 11.5 Å². The van der Waals surface area contributed by atoms with Crippen LogP contribution in [0.25, 0.3) is 0 Å². The maximum absolute atomic E-state index is 11.5. The summed E-state index contributed by atoms with van der Waals surface area (Å²) in [5, 5.41) is 2.33. The molecule has 1 fully saturated rings. The highest BCUT2D eigenvalue weighted by atomic mass is 16.5. The second-order valence-corrected chi connectivity index (χ2v) is 5.41. The van der Waals surface area contributed by atoms with Crippen molar-refractivity contribution in [3.05, 3.63) is 23.3 Å². The number of fused-ring (bicyclic) bond motifs is 1. The Hall–Kier alpha value is -2.04. The lowest BCUT2D eigenvalue weighted by Gasteiger charge is -2.23. The second kappa shape index (κ2) is 4.81. The van der Waals surface area contributed by atoms with Crippen LogP contribution in [0.15, 0.2) is 12.1 Å². The van der Waals surface area contributed by atoms with Gasteiger partial charge in [0.1, 0.15) is 17.6 Å². The van der Waals surface area contributed by atoms with Crippen molar-refractivity contribution in [1.82, 2.24) is 5.32 Å². The third-order valence-corrected chi connectivity index (χ3v) is 3.83. The predicted molar refractivity (Wildman–Crippen MR) is 71.9 cm³/mol. The minimum absolute atomic E-state index is 0.143. The largest absolute Gasteiger partial charge is 0.496 e. The fourth-order valence-electron chi connectivity index (χ4n) is 2.95. The lowest BCUT2D eigenvalue weighted by Crippen LogP contribution is -2.37. The van der Waals surface area contributed by atoms with Crippen LogP contribution < -0.4 is 14.8 Å². The minimum atomic E-state index is -0.233. The van der Waals surface area contributed by atoms with E-state index in [2.05, 4.69) is 5.32 Å². The number of hydrogen-bond donors (Lipinski definition) is 1. The first-order valence-corrected chi connectivity index (χ1v) is 6.77. The van der Waals surface area contributed by atoms with Gasteiger partial charge in [-0.05, 0) is 19.1 Å². The molecule has 0 aliphatic carbocycles. The van der Waals surface area contributed by atoms with E-state index in [1.807, 2.05) is 19.1 Å². The van der Waals surface area contributed by atoms with Gasteiger partial charge in [-0.25, -0.2) is 0 Å². The maximum atomic E-state index is 11.5. The van der Waals surface area contributed by atoms with Crippen LogP contribution >= 0.6 is 0 Å². The molecule has 2 amide bonds. The number of ether oxygens (including phenoxy) is 2. The van der Waals surface area contributed by atoms with Crippen LogP contribution in [-0.2, 0) is 16.0 Å². The molecule has 1 N–H and O–H groups in total. The Morgan fingerprint density at radius 2 is 1.90 bits per heavy atom. The van der Waals surface area contributed by atoms with E-state index in [0.717, 1.165) is 29.0 Å². The predicted octanol–water partition coefficient (Wildman–Crippen LogP) is 1.54. The monoisotopic (exact) mass is 275 g/mol. The normalized spacial score (nSPS) is 22.2. The molecule has 0 spiro atoms. The number of benzene rings is 1. The first-order chi connectivity index (χ1) is 9.56. The summed E-state index contributed by atoms with van der Waals surface area (Å²) in [6.07, 6.45) is 1.62. The Labute approximate surface area is 117 Å². The quantitative estimate of drug-likeness (QED) is 0.831. The van der Waals surface area contributed by atoms with Crippen LogP contribution in [0.3, 0.4) is 0 Å². The molecule has 0 radical (unpaired) electrons. The SMILES string of the molecule is COc1cc2c(cc1C1CC(=O)NC(=O)C1)OC(C)C2. The minimum Gasteiger partial charge on any atom is -0.496 e. The molecule has 1 aromatic carbocycles. The molecule has 1 saturated heterocycles. The maximum Gasteiger partial charge on any atom is 0.227 e. The van der Waals surface area contributed by atoms with E-state index in [4.69, 9.17) is 9.47 Å². The van der Waals surface area contributed by atoms with Crippen LogP contribution in [0, 0.1) is 0 Å². The van der Waals surface area contributed by atoms with E-state index in [1.165, 1.54) is 0 Å². The molecule has 2 heterocycles. The molecule has 5 heteroatoms. The number of nitrogens with one attached hydrogen (secondary N) is 1. The van der Waals surface area contributed by atoms with Crippen molar-refractivity contribution in [2.45, 2.75) is 38.2 Å². The van der Waals surface area contributed by atoms with Crippen molar-refractivity contribution >= 4 is 11.8 Å². The molecule has 1 unspecified atom stereocenters. The van der Waals surface area contributed by atoms with Crippen molar-refractivity contribution in [2.24, 2.45) is 0 Å². The molecule has 20 heavy (non-hydrogen) atoms. The van der Waals surface area contributed by atoms with E-state index in [1.54, 1.807) is 7.11 Å². The molecule has 5 nitrogen and oxygen atoms in total. The Balaban J connectivity index is 1.98. The zero-order valence-electron chi connectivity index (χ0n) is 11.6. The zero-order chi connectivity index (χ0) is 14.3. The van der Waals surface area contributed by atoms with Crippen LogP contribution in [0.1, 0.15) is 36.8 Å². The number of carbonyl (C=O) groups excluding carboxylic acids is 2. The first-order valence-electron chi connectivity index (χ1n) is 6.77. The first kappa shape index (κ1) is 13.0. The standard InChI is InChI=1S/C15H17NO4/c1-8-3-10-4-13(19-2)11(7-12(10)20-8)9-5-14(17)16-15(18)6-9/h4,7-9H,3,5-6H2,1-2H3,(H,16,17,18). The number of piperidine rings is 1. The lowest BCUT2D eigenvalue weighted by molar-refractivity contribution is -0.133. The summed E-state index contributed by atoms with van der Waals surface area (Å²) >= 11 is 0. The lowest BCUT2D eigenvalue weighted by atomic mass is 9.88. The Morgan fingerprint density at radius 3 is 2.55 bits per heavy atom. The molecular weight excluding hydrogens is 258 g/mol. The van der Waals surface area contributed by atoms with Gasteiger partial charge in [-0.3, -0.25) is 14.9 Å². The number of rotatable bonds is 2. The van der Waals surface area contributed by atoms with Gasteiger partial charge < -0.3 is 9.47 Å². The van der Waals surface area contributed by atoms with Gasteiger partial charge in [0.15, 0.2) is 0 Å². The van der Waals surface area contributed by atoms with E-state index in [0.29, 0.717) is 12.8 Å².